The largest absolute Gasteiger partial charge is 0.364 e. The maximum atomic E-state index is 12.4. The van der Waals surface area contributed by atoms with E-state index in [1.165, 1.54) is 17.5 Å². The number of amides is 1. The van der Waals surface area contributed by atoms with E-state index >= 15 is 0 Å². The third-order valence-corrected chi connectivity index (χ3v) is 5.94. The number of benzene rings is 1. The number of nitrogens with one attached hydrogen (secondary N) is 1. The summed E-state index contributed by atoms with van der Waals surface area (Å²) in [4.78, 5) is 12.4. The van der Waals surface area contributed by atoms with Crippen LogP contribution in [-0.4, -0.2) is 31.2 Å². The van der Waals surface area contributed by atoms with Crippen molar-refractivity contribution >= 4 is 18.3 Å². The summed E-state index contributed by atoms with van der Waals surface area (Å²) in [6.45, 7) is 7.90. The van der Waals surface area contributed by atoms with Gasteiger partial charge in [-0.2, -0.15) is 0 Å². The first-order valence-electron chi connectivity index (χ1n) is 9.58. The van der Waals surface area contributed by atoms with Crippen molar-refractivity contribution in [1.29, 1.82) is 0 Å². The predicted molar refractivity (Wildman–Crippen MR) is 108 cm³/mol. The number of carbonyl (C=O) groups excluding carboxylic acids is 1. The Morgan fingerprint density at radius 1 is 1.23 bits per heavy atom. The highest BCUT2D eigenvalue weighted by atomic mass is 35.5. The van der Waals surface area contributed by atoms with E-state index in [0.717, 1.165) is 25.7 Å². The van der Waals surface area contributed by atoms with Crippen LogP contribution in [0.3, 0.4) is 0 Å². The van der Waals surface area contributed by atoms with Crippen molar-refractivity contribution in [3.05, 3.63) is 35.4 Å². The fourth-order valence-corrected chi connectivity index (χ4v) is 3.94. The summed E-state index contributed by atoms with van der Waals surface area (Å²) < 4.78 is 5.71. The third kappa shape index (κ3) is 4.41. The van der Waals surface area contributed by atoms with Gasteiger partial charge in [0, 0.05) is 18.5 Å². The van der Waals surface area contributed by atoms with Crippen molar-refractivity contribution in [2.75, 3.05) is 13.1 Å². The zero-order valence-corrected chi connectivity index (χ0v) is 17.0. The Labute approximate surface area is 163 Å². The van der Waals surface area contributed by atoms with Crippen LogP contribution in [0, 0.1) is 0 Å². The standard InChI is InChI=1S/C21H32N2O2.ClH/c1-20(2,3)15-5-7-16(8-6-15)21(11-4-12-21)14-23-19(24)18-10-9-17(13-22)25-18;/h5-8,17-18H,4,9-14,22H2,1-3H3,(H,23,24);1H/t17-,18+;/m1./s1. The molecule has 3 N–H and O–H groups in total. The van der Waals surface area contributed by atoms with E-state index < -0.39 is 0 Å². The molecule has 1 amide bonds. The van der Waals surface area contributed by atoms with Gasteiger partial charge in [0.25, 0.3) is 0 Å². The number of carbonyl (C=O) groups is 1. The highest BCUT2D eigenvalue weighted by molar-refractivity contribution is 5.85. The van der Waals surface area contributed by atoms with Gasteiger partial charge in [-0.05, 0) is 42.2 Å². The molecule has 1 saturated heterocycles. The topological polar surface area (TPSA) is 64.4 Å². The molecule has 1 aliphatic heterocycles. The van der Waals surface area contributed by atoms with Crippen molar-refractivity contribution in [2.45, 2.75) is 75.9 Å². The molecule has 1 heterocycles. The second kappa shape index (κ2) is 8.28. The molecule has 3 rings (SSSR count). The molecule has 146 valence electrons. The smallest absolute Gasteiger partial charge is 0.249 e. The molecule has 26 heavy (non-hydrogen) atoms. The van der Waals surface area contributed by atoms with E-state index in [4.69, 9.17) is 10.5 Å². The van der Waals surface area contributed by atoms with Gasteiger partial charge in [0.1, 0.15) is 6.10 Å². The lowest BCUT2D eigenvalue weighted by Crippen LogP contribution is -2.48. The lowest BCUT2D eigenvalue weighted by molar-refractivity contribution is -0.132. The fraction of sp³-hybridized carbons (Fsp3) is 0.667. The van der Waals surface area contributed by atoms with Crippen LogP contribution >= 0.6 is 12.4 Å². The molecule has 0 bridgehead atoms. The maximum Gasteiger partial charge on any atom is 0.249 e. The summed E-state index contributed by atoms with van der Waals surface area (Å²) in [5.41, 5.74) is 8.59. The van der Waals surface area contributed by atoms with Crippen LogP contribution in [0.25, 0.3) is 0 Å². The van der Waals surface area contributed by atoms with E-state index in [-0.39, 0.29) is 41.4 Å². The molecule has 1 saturated carbocycles. The summed E-state index contributed by atoms with van der Waals surface area (Å²) in [6, 6.07) is 8.98. The molecular weight excluding hydrogens is 348 g/mol. The van der Waals surface area contributed by atoms with Crippen LogP contribution in [0.1, 0.15) is 64.0 Å². The number of hydrogen-bond donors (Lipinski definition) is 2. The number of rotatable bonds is 5. The maximum absolute atomic E-state index is 12.4. The van der Waals surface area contributed by atoms with Crippen molar-refractivity contribution in [1.82, 2.24) is 5.32 Å². The zero-order valence-electron chi connectivity index (χ0n) is 16.2. The van der Waals surface area contributed by atoms with E-state index in [1.54, 1.807) is 0 Å². The lowest BCUT2D eigenvalue weighted by Gasteiger charge is -2.43. The Kier molecular flexibility index (Phi) is 6.75. The van der Waals surface area contributed by atoms with Crippen LogP contribution in [0.2, 0.25) is 0 Å². The normalized spacial score (nSPS) is 24.5. The minimum absolute atomic E-state index is 0. The SMILES string of the molecule is CC(C)(C)c1ccc(C2(CNC(=O)[C@@H]3CC[C@H](CN)O3)CCC2)cc1.Cl. The van der Waals surface area contributed by atoms with Gasteiger partial charge < -0.3 is 15.8 Å². The Bertz CT molecular complexity index is 605. The van der Waals surface area contributed by atoms with Gasteiger partial charge in [-0.25, -0.2) is 0 Å². The van der Waals surface area contributed by atoms with E-state index in [1.807, 2.05) is 0 Å². The summed E-state index contributed by atoms with van der Waals surface area (Å²) in [6.07, 6.45) is 4.88. The molecule has 1 aromatic carbocycles. The number of nitrogens with two attached hydrogens (primary N) is 1. The number of ether oxygens (including phenoxy) is 1. The Hall–Kier alpha value is -1.10. The van der Waals surface area contributed by atoms with Crippen LogP contribution in [-0.2, 0) is 20.4 Å². The molecule has 1 aliphatic carbocycles. The molecule has 0 spiro atoms. The lowest BCUT2D eigenvalue weighted by atomic mass is 9.64. The van der Waals surface area contributed by atoms with Gasteiger partial charge in [-0.15, -0.1) is 12.4 Å². The molecule has 2 fully saturated rings. The van der Waals surface area contributed by atoms with Crippen LogP contribution in [0.4, 0.5) is 0 Å². The monoisotopic (exact) mass is 380 g/mol. The molecule has 2 atom stereocenters. The van der Waals surface area contributed by atoms with Gasteiger partial charge in [0.2, 0.25) is 5.91 Å². The highest BCUT2D eigenvalue weighted by Crippen LogP contribution is 2.43. The van der Waals surface area contributed by atoms with Crippen molar-refractivity contribution < 1.29 is 9.53 Å². The average Bonchev–Trinajstić information content (AvgIpc) is 3.02. The first kappa shape index (κ1) is 21.2. The zero-order chi connectivity index (χ0) is 18.1. The highest BCUT2D eigenvalue weighted by Gasteiger charge is 2.40. The molecule has 5 heteroatoms. The Morgan fingerprint density at radius 2 is 1.88 bits per heavy atom. The minimum Gasteiger partial charge on any atom is -0.364 e. The summed E-state index contributed by atoms with van der Waals surface area (Å²) in [7, 11) is 0. The van der Waals surface area contributed by atoms with E-state index in [9.17, 15) is 4.79 Å². The third-order valence-electron chi connectivity index (χ3n) is 5.94. The van der Waals surface area contributed by atoms with Crippen molar-refractivity contribution in [2.24, 2.45) is 5.73 Å². The van der Waals surface area contributed by atoms with Gasteiger partial charge in [0.05, 0.1) is 6.10 Å². The fourth-order valence-electron chi connectivity index (χ4n) is 3.94. The molecule has 2 aliphatic rings. The number of halogens is 1. The Balaban J connectivity index is 0.00000243. The quantitative estimate of drug-likeness (QED) is 0.822. The molecule has 1 aromatic rings. The molecule has 0 radical (unpaired) electrons. The van der Waals surface area contributed by atoms with E-state index in [0.29, 0.717) is 13.1 Å². The predicted octanol–water partition coefficient (Wildman–Crippen LogP) is 3.45. The van der Waals surface area contributed by atoms with E-state index in [2.05, 4.69) is 50.4 Å². The molecular formula is C21H33ClN2O2. The van der Waals surface area contributed by atoms with Gasteiger partial charge in [-0.1, -0.05) is 51.5 Å². The van der Waals surface area contributed by atoms with Crippen LogP contribution < -0.4 is 11.1 Å². The van der Waals surface area contributed by atoms with Crippen molar-refractivity contribution in [3.63, 3.8) is 0 Å². The average molecular weight is 381 g/mol. The summed E-state index contributed by atoms with van der Waals surface area (Å²) in [5, 5.41) is 3.15. The second-order valence-electron chi connectivity index (χ2n) is 8.74. The first-order valence-corrected chi connectivity index (χ1v) is 9.58. The minimum atomic E-state index is -0.325. The second-order valence-corrected chi connectivity index (χ2v) is 8.74. The van der Waals surface area contributed by atoms with Crippen LogP contribution in [0.5, 0.6) is 0 Å². The molecule has 0 aromatic heterocycles. The van der Waals surface area contributed by atoms with Gasteiger partial charge in [-0.3, -0.25) is 4.79 Å². The van der Waals surface area contributed by atoms with Crippen LogP contribution in [0.15, 0.2) is 24.3 Å². The van der Waals surface area contributed by atoms with Crippen molar-refractivity contribution in [3.8, 4) is 0 Å². The molecule has 0 unspecified atom stereocenters. The summed E-state index contributed by atoms with van der Waals surface area (Å²) in [5.74, 6) is 0.0218. The first-order chi connectivity index (χ1) is 11.8. The van der Waals surface area contributed by atoms with Gasteiger partial charge in [0.15, 0.2) is 0 Å². The molecule has 4 nitrogen and oxygen atoms in total. The van der Waals surface area contributed by atoms with Gasteiger partial charge >= 0.3 is 0 Å². The summed E-state index contributed by atoms with van der Waals surface area (Å²) >= 11 is 0. The number of hydrogen-bond acceptors (Lipinski definition) is 3. The Morgan fingerprint density at radius 3 is 2.35 bits per heavy atom.